The summed E-state index contributed by atoms with van der Waals surface area (Å²) >= 11 is 1.59. The molecule has 1 saturated heterocycles. The van der Waals surface area contributed by atoms with Gasteiger partial charge in [0, 0.05) is 31.1 Å². The molecule has 1 aliphatic heterocycles. The van der Waals surface area contributed by atoms with E-state index in [2.05, 4.69) is 6.07 Å². The number of nitriles is 1. The van der Waals surface area contributed by atoms with Crippen molar-refractivity contribution in [1.29, 1.82) is 5.26 Å². The van der Waals surface area contributed by atoms with E-state index in [1.54, 1.807) is 42.0 Å². The van der Waals surface area contributed by atoms with E-state index in [-0.39, 0.29) is 11.7 Å². The maximum atomic E-state index is 13.2. The van der Waals surface area contributed by atoms with Crippen molar-refractivity contribution in [3.05, 3.63) is 59.4 Å². The maximum Gasteiger partial charge on any atom is 0.257 e. The van der Waals surface area contributed by atoms with Gasteiger partial charge in [0.2, 0.25) is 0 Å². The van der Waals surface area contributed by atoms with Gasteiger partial charge in [0.15, 0.2) is 0 Å². The molecule has 3 rings (SSSR count). The number of amides is 1. The molecule has 2 aromatic rings. The van der Waals surface area contributed by atoms with Crippen LogP contribution in [-0.2, 0) is 0 Å². The van der Waals surface area contributed by atoms with Gasteiger partial charge in [0.25, 0.3) is 5.91 Å². The maximum absolute atomic E-state index is 13.2. The number of hydrogen-bond donors (Lipinski definition) is 0. The van der Waals surface area contributed by atoms with Crippen molar-refractivity contribution in [2.24, 2.45) is 0 Å². The van der Waals surface area contributed by atoms with Crippen LogP contribution in [0.4, 0.5) is 4.39 Å². The van der Waals surface area contributed by atoms with Crippen LogP contribution in [0.5, 0.6) is 5.75 Å². The van der Waals surface area contributed by atoms with Crippen molar-refractivity contribution in [2.45, 2.75) is 10.9 Å². The van der Waals surface area contributed by atoms with Crippen molar-refractivity contribution in [1.82, 2.24) is 9.80 Å². The molecule has 1 fully saturated rings. The summed E-state index contributed by atoms with van der Waals surface area (Å²) in [6.45, 7) is 2.19. The van der Waals surface area contributed by atoms with E-state index in [9.17, 15) is 14.4 Å². The molecule has 1 unspecified atom stereocenters. The van der Waals surface area contributed by atoms with Crippen LogP contribution >= 0.6 is 11.8 Å². The van der Waals surface area contributed by atoms with E-state index >= 15 is 0 Å². The van der Waals surface area contributed by atoms with Crippen LogP contribution in [0.15, 0.2) is 47.4 Å². The quantitative estimate of drug-likeness (QED) is 0.720. The normalized spacial score (nSPS) is 15.7. The van der Waals surface area contributed by atoms with Gasteiger partial charge in [-0.05, 0) is 42.2 Å². The summed E-state index contributed by atoms with van der Waals surface area (Å²) in [5.41, 5.74) is 1.31. The third kappa shape index (κ3) is 4.29. The molecule has 1 heterocycles. The highest BCUT2D eigenvalue weighted by atomic mass is 32.2. The Morgan fingerprint density at radius 2 is 1.86 bits per heavy atom. The topological polar surface area (TPSA) is 56.6 Å². The molecule has 28 heavy (non-hydrogen) atoms. The van der Waals surface area contributed by atoms with Crippen molar-refractivity contribution in [2.75, 3.05) is 39.5 Å². The van der Waals surface area contributed by atoms with Gasteiger partial charge < -0.3 is 9.64 Å². The Morgan fingerprint density at radius 3 is 2.43 bits per heavy atom. The highest BCUT2D eigenvalue weighted by Crippen LogP contribution is 2.27. The number of hydrogen-bond acceptors (Lipinski definition) is 5. The molecule has 0 radical (unpaired) electrons. The SMILES string of the molecule is COc1cc(SC)ccc1C(=O)N1CCN(C(C#N)c2ccc(F)cc2)CC1. The molecule has 1 amide bonds. The number of piperazine rings is 1. The van der Waals surface area contributed by atoms with Gasteiger partial charge in [0.05, 0.1) is 18.7 Å². The lowest BCUT2D eigenvalue weighted by atomic mass is 10.1. The lowest BCUT2D eigenvalue weighted by Gasteiger charge is -2.37. The van der Waals surface area contributed by atoms with Gasteiger partial charge in [-0.2, -0.15) is 5.26 Å². The minimum absolute atomic E-state index is 0.0700. The molecule has 1 aliphatic rings. The largest absolute Gasteiger partial charge is 0.496 e. The molecule has 0 aliphatic carbocycles. The summed E-state index contributed by atoms with van der Waals surface area (Å²) in [5.74, 6) is 0.178. The molecule has 0 saturated carbocycles. The lowest BCUT2D eigenvalue weighted by Crippen LogP contribution is -2.49. The van der Waals surface area contributed by atoms with Crippen molar-refractivity contribution < 1.29 is 13.9 Å². The van der Waals surface area contributed by atoms with Gasteiger partial charge >= 0.3 is 0 Å². The highest BCUT2D eigenvalue weighted by Gasteiger charge is 2.28. The summed E-state index contributed by atoms with van der Waals surface area (Å²) < 4.78 is 18.6. The van der Waals surface area contributed by atoms with Gasteiger partial charge in [-0.3, -0.25) is 9.69 Å². The first kappa shape index (κ1) is 20.2. The summed E-state index contributed by atoms with van der Waals surface area (Å²) in [6.07, 6.45) is 1.97. The predicted octanol–water partition coefficient (Wildman–Crippen LogP) is 3.58. The second-order valence-corrected chi connectivity index (χ2v) is 7.36. The molecule has 0 aromatic heterocycles. The van der Waals surface area contributed by atoms with E-state index in [0.717, 1.165) is 10.5 Å². The summed E-state index contributed by atoms with van der Waals surface area (Å²) in [6, 6.07) is 13.4. The van der Waals surface area contributed by atoms with Gasteiger partial charge in [0.1, 0.15) is 17.6 Å². The number of benzene rings is 2. The Kier molecular flexibility index (Phi) is 6.55. The highest BCUT2D eigenvalue weighted by molar-refractivity contribution is 7.98. The van der Waals surface area contributed by atoms with E-state index < -0.39 is 6.04 Å². The molecule has 146 valence electrons. The average molecular weight is 399 g/mol. The van der Waals surface area contributed by atoms with Crippen LogP contribution in [0.3, 0.4) is 0 Å². The van der Waals surface area contributed by atoms with Crippen LogP contribution in [0, 0.1) is 17.1 Å². The third-order valence-electron chi connectivity index (χ3n) is 4.91. The molecule has 2 aromatic carbocycles. The van der Waals surface area contributed by atoms with Crippen LogP contribution in [-0.4, -0.2) is 55.3 Å². The number of carbonyl (C=O) groups excluding carboxylic acids is 1. The van der Waals surface area contributed by atoms with Crippen molar-refractivity contribution >= 4 is 17.7 Å². The van der Waals surface area contributed by atoms with E-state index in [1.165, 1.54) is 12.1 Å². The first-order chi connectivity index (χ1) is 13.6. The minimum Gasteiger partial charge on any atom is -0.496 e. The lowest BCUT2D eigenvalue weighted by molar-refractivity contribution is 0.0603. The smallest absolute Gasteiger partial charge is 0.257 e. The first-order valence-corrected chi connectivity index (χ1v) is 10.2. The zero-order valence-corrected chi connectivity index (χ0v) is 16.7. The minimum atomic E-state index is -0.451. The first-order valence-electron chi connectivity index (χ1n) is 8.97. The number of thioether (sulfide) groups is 1. The van der Waals surface area contributed by atoms with Crippen molar-refractivity contribution in [3.8, 4) is 11.8 Å². The fourth-order valence-electron chi connectivity index (χ4n) is 3.34. The number of rotatable bonds is 5. The van der Waals surface area contributed by atoms with Gasteiger partial charge in [-0.15, -0.1) is 11.8 Å². The molecule has 1 atom stereocenters. The zero-order valence-electron chi connectivity index (χ0n) is 15.9. The number of methoxy groups -OCH3 is 1. The monoisotopic (exact) mass is 399 g/mol. The molecule has 5 nitrogen and oxygen atoms in total. The second-order valence-electron chi connectivity index (χ2n) is 6.48. The Bertz CT molecular complexity index is 874. The molecule has 0 N–H and O–H groups in total. The summed E-state index contributed by atoms with van der Waals surface area (Å²) in [4.78, 5) is 17.8. The summed E-state index contributed by atoms with van der Waals surface area (Å²) in [5, 5.41) is 9.59. The zero-order chi connectivity index (χ0) is 20.1. The van der Waals surface area contributed by atoms with Crippen LogP contribution in [0.25, 0.3) is 0 Å². The van der Waals surface area contributed by atoms with Gasteiger partial charge in [-0.25, -0.2) is 4.39 Å². The molecular weight excluding hydrogens is 377 g/mol. The second kappa shape index (κ2) is 9.09. The fourth-order valence-corrected chi connectivity index (χ4v) is 3.77. The molecule has 0 spiro atoms. The van der Waals surface area contributed by atoms with Crippen LogP contribution in [0.2, 0.25) is 0 Å². The molecule has 7 heteroatoms. The fraction of sp³-hybridized carbons (Fsp3) is 0.333. The number of ether oxygens (including phenoxy) is 1. The Labute approximate surface area is 168 Å². The van der Waals surface area contributed by atoms with E-state index in [4.69, 9.17) is 4.74 Å². The Morgan fingerprint density at radius 1 is 1.18 bits per heavy atom. The van der Waals surface area contributed by atoms with Crippen LogP contribution < -0.4 is 4.74 Å². The van der Waals surface area contributed by atoms with E-state index in [1.807, 2.05) is 23.3 Å². The molecular formula is C21H22FN3O2S. The standard InChI is InChI=1S/C21H22FN3O2S/c1-27-20-13-17(28-2)7-8-18(20)21(26)25-11-9-24(10-12-25)19(14-23)15-3-5-16(22)6-4-15/h3-8,13,19H,9-12H2,1-2H3. The molecule has 0 bridgehead atoms. The summed E-state index contributed by atoms with van der Waals surface area (Å²) in [7, 11) is 1.56. The number of halogens is 1. The third-order valence-corrected chi connectivity index (χ3v) is 5.64. The van der Waals surface area contributed by atoms with Gasteiger partial charge in [-0.1, -0.05) is 12.1 Å². The Hall–Kier alpha value is -2.56. The Balaban J connectivity index is 1.68. The van der Waals surface area contributed by atoms with E-state index in [0.29, 0.717) is 37.5 Å². The van der Waals surface area contributed by atoms with Crippen LogP contribution in [0.1, 0.15) is 22.0 Å². The average Bonchev–Trinajstić information content (AvgIpc) is 2.75. The number of carbonyl (C=O) groups is 1. The predicted molar refractivity (Wildman–Crippen MR) is 107 cm³/mol. The number of nitrogens with zero attached hydrogens (tertiary/aromatic N) is 3. The van der Waals surface area contributed by atoms with Crippen molar-refractivity contribution in [3.63, 3.8) is 0 Å².